The zero-order chi connectivity index (χ0) is 14.8. The van der Waals surface area contributed by atoms with Crippen LogP contribution in [0.1, 0.15) is 46.0 Å². The predicted molar refractivity (Wildman–Crippen MR) is 88.0 cm³/mol. The van der Waals surface area contributed by atoms with E-state index in [0.29, 0.717) is 10.4 Å². The van der Waals surface area contributed by atoms with Crippen LogP contribution in [0.2, 0.25) is 5.02 Å². The van der Waals surface area contributed by atoms with Crippen LogP contribution in [0.3, 0.4) is 0 Å². The third-order valence-corrected chi connectivity index (χ3v) is 5.42. The van der Waals surface area contributed by atoms with Crippen molar-refractivity contribution in [2.45, 2.75) is 51.5 Å². The first kappa shape index (κ1) is 15.7. The van der Waals surface area contributed by atoms with Crippen LogP contribution < -0.4 is 5.32 Å². The second-order valence-electron chi connectivity index (χ2n) is 6.47. The van der Waals surface area contributed by atoms with Gasteiger partial charge in [0.25, 0.3) is 0 Å². The lowest BCUT2D eigenvalue weighted by atomic mass is 9.84. The standard InChI is InChI=1S/C16H20BrClN2/c1-15(2)6-3-7-16(11-19,9-8-15)20-12-4-5-14(18)13(17)10-12/h4-5,10,20H,3,6-9H2,1-2H3. The smallest absolute Gasteiger partial charge is 0.125 e. The Balaban J connectivity index is 2.19. The van der Waals surface area contributed by atoms with Crippen molar-refractivity contribution in [1.29, 1.82) is 5.26 Å². The fraction of sp³-hybridized carbons (Fsp3) is 0.562. The van der Waals surface area contributed by atoms with Crippen molar-refractivity contribution in [3.8, 4) is 6.07 Å². The molecule has 0 spiro atoms. The van der Waals surface area contributed by atoms with Gasteiger partial charge in [-0.05, 0) is 71.6 Å². The molecule has 0 heterocycles. The van der Waals surface area contributed by atoms with E-state index in [-0.39, 0.29) is 0 Å². The van der Waals surface area contributed by atoms with E-state index in [1.807, 2.05) is 18.2 Å². The minimum Gasteiger partial charge on any atom is -0.367 e. The minimum absolute atomic E-state index is 0.334. The molecule has 108 valence electrons. The summed E-state index contributed by atoms with van der Waals surface area (Å²) in [5.41, 5.74) is 0.824. The van der Waals surface area contributed by atoms with Gasteiger partial charge in [0.1, 0.15) is 5.54 Å². The van der Waals surface area contributed by atoms with E-state index >= 15 is 0 Å². The number of halogens is 2. The molecule has 0 saturated heterocycles. The van der Waals surface area contributed by atoms with Crippen molar-refractivity contribution < 1.29 is 0 Å². The summed E-state index contributed by atoms with van der Waals surface area (Å²) in [6.07, 6.45) is 5.12. The molecule has 0 aliphatic heterocycles. The summed E-state index contributed by atoms with van der Waals surface area (Å²) in [6, 6.07) is 8.24. The Morgan fingerprint density at radius 1 is 1.25 bits per heavy atom. The Kier molecular flexibility index (Phi) is 4.66. The van der Waals surface area contributed by atoms with Crippen LogP contribution in [0.15, 0.2) is 22.7 Å². The molecule has 4 heteroatoms. The average Bonchev–Trinajstić information content (AvgIpc) is 2.54. The molecule has 1 atom stereocenters. The van der Waals surface area contributed by atoms with Gasteiger partial charge in [-0.3, -0.25) is 0 Å². The molecule has 2 nitrogen and oxygen atoms in total. The van der Waals surface area contributed by atoms with E-state index in [1.165, 1.54) is 6.42 Å². The quantitative estimate of drug-likeness (QED) is 0.684. The van der Waals surface area contributed by atoms with Crippen molar-refractivity contribution in [1.82, 2.24) is 0 Å². The van der Waals surface area contributed by atoms with Crippen LogP contribution in [-0.2, 0) is 0 Å². The van der Waals surface area contributed by atoms with Crippen molar-refractivity contribution in [3.63, 3.8) is 0 Å². The fourth-order valence-electron chi connectivity index (χ4n) is 2.79. The van der Waals surface area contributed by atoms with E-state index in [9.17, 15) is 5.26 Å². The number of anilines is 1. The summed E-state index contributed by atoms with van der Waals surface area (Å²) in [5.74, 6) is 0. The van der Waals surface area contributed by atoms with Gasteiger partial charge in [0.15, 0.2) is 0 Å². The van der Waals surface area contributed by atoms with E-state index < -0.39 is 5.54 Å². The lowest BCUT2D eigenvalue weighted by molar-refractivity contribution is 0.310. The molecule has 0 bridgehead atoms. The van der Waals surface area contributed by atoms with Crippen LogP contribution in [-0.4, -0.2) is 5.54 Å². The summed E-state index contributed by atoms with van der Waals surface area (Å²) < 4.78 is 0.853. The number of nitriles is 1. The molecule has 0 amide bonds. The van der Waals surface area contributed by atoms with Gasteiger partial charge in [-0.25, -0.2) is 0 Å². The van der Waals surface area contributed by atoms with Gasteiger partial charge in [0.2, 0.25) is 0 Å². The number of nitrogens with one attached hydrogen (secondary N) is 1. The molecule has 1 saturated carbocycles. The lowest BCUT2D eigenvalue weighted by Crippen LogP contribution is -2.36. The molecule has 0 aromatic heterocycles. The number of nitrogens with zero attached hydrogens (tertiary/aromatic N) is 1. The second kappa shape index (κ2) is 5.95. The van der Waals surface area contributed by atoms with Crippen LogP contribution in [0.4, 0.5) is 5.69 Å². The van der Waals surface area contributed by atoms with Crippen molar-refractivity contribution in [2.24, 2.45) is 5.41 Å². The predicted octanol–water partition coefficient (Wildman–Crippen LogP) is 5.77. The van der Waals surface area contributed by atoms with Gasteiger partial charge in [0.05, 0.1) is 11.1 Å². The van der Waals surface area contributed by atoms with Gasteiger partial charge in [-0.1, -0.05) is 25.4 Å². The van der Waals surface area contributed by atoms with Crippen LogP contribution in [0, 0.1) is 16.7 Å². The highest BCUT2D eigenvalue weighted by atomic mass is 79.9. The Labute approximate surface area is 134 Å². The molecule has 1 aromatic carbocycles. The lowest BCUT2D eigenvalue weighted by Gasteiger charge is -2.29. The zero-order valence-corrected chi connectivity index (χ0v) is 14.3. The SMILES string of the molecule is CC1(C)CCCC(C#N)(Nc2ccc(Cl)c(Br)c2)CC1. The molecule has 1 unspecified atom stereocenters. The third kappa shape index (κ3) is 3.68. The average molecular weight is 356 g/mol. The zero-order valence-electron chi connectivity index (χ0n) is 12.0. The van der Waals surface area contributed by atoms with Crippen LogP contribution in [0.5, 0.6) is 0 Å². The highest BCUT2D eigenvalue weighted by molar-refractivity contribution is 9.10. The maximum Gasteiger partial charge on any atom is 0.125 e. The summed E-state index contributed by atoms with van der Waals surface area (Å²) in [5, 5.41) is 13.8. The van der Waals surface area contributed by atoms with Crippen LogP contribution >= 0.6 is 27.5 Å². The van der Waals surface area contributed by atoms with E-state index in [2.05, 4.69) is 41.2 Å². The Morgan fingerprint density at radius 2 is 2.00 bits per heavy atom. The Morgan fingerprint density at radius 3 is 2.65 bits per heavy atom. The maximum absolute atomic E-state index is 9.67. The van der Waals surface area contributed by atoms with Gasteiger partial charge < -0.3 is 5.32 Å². The molecule has 1 N–H and O–H groups in total. The summed E-state index contributed by atoms with van der Waals surface area (Å²) in [6.45, 7) is 4.58. The van der Waals surface area contributed by atoms with Gasteiger partial charge >= 0.3 is 0 Å². The summed E-state index contributed by atoms with van der Waals surface area (Å²) >= 11 is 9.44. The topological polar surface area (TPSA) is 35.8 Å². The van der Waals surface area contributed by atoms with Gasteiger partial charge in [-0.2, -0.15) is 5.26 Å². The fourth-order valence-corrected chi connectivity index (χ4v) is 3.28. The summed E-state index contributed by atoms with van der Waals surface area (Å²) in [4.78, 5) is 0. The normalized spacial score (nSPS) is 25.6. The highest BCUT2D eigenvalue weighted by Gasteiger charge is 2.35. The maximum atomic E-state index is 9.67. The molecule has 2 rings (SSSR count). The van der Waals surface area contributed by atoms with Crippen LogP contribution in [0.25, 0.3) is 0 Å². The Bertz CT molecular complexity index is 536. The van der Waals surface area contributed by atoms with Gasteiger partial charge in [0, 0.05) is 10.2 Å². The third-order valence-electron chi connectivity index (χ3n) is 4.20. The Hall–Kier alpha value is -0.720. The van der Waals surface area contributed by atoms with E-state index in [0.717, 1.165) is 35.8 Å². The number of benzene rings is 1. The van der Waals surface area contributed by atoms with Crippen molar-refractivity contribution >= 4 is 33.2 Å². The molecule has 20 heavy (non-hydrogen) atoms. The van der Waals surface area contributed by atoms with Crippen molar-refractivity contribution in [3.05, 3.63) is 27.7 Å². The first-order chi connectivity index (χ1) is 9.36. The largest absolute Gasteiger partial charge is 0.367 e. The second-order valence-corrected chi connectivity index (χ2v) is 7.73. The molecular formula is C16H20BrClN2. The molecular weight excluding hydrogens is 336 g/mol. The van der Waals surface area contributed by atoms with Crippen molar-refractivity contribution in [2.75, 3.05) is 5.32 Å². The minimum atomic E-state index is -0.457. The molecule has 1 aliphatic carbocycles. The first-order valence-electron chi connectivity index (χ1n) is 7.00. The monoisotopic (exact) mass is 354 g/mol. The van der Waals surface area contributed by atoms with E-state index in [1.54, 1.807) is 0 Å². The van der Waals surface area contributed by atoms with E-state index in [4.69, 9.17) is 11.6 Å². The number of rotatable bonds is 2. The molecule has 1 aromatic rings. The number of hydrogen-bond acceptors (Lipinski definition) is 2. The van der Waals surface area contributed by atoms with Gasteiger partial charge in [-0.15, -0.1) is 0 Å². The molecule has 1 aliphatic rings. The summed E-state index contributed by atoms with van der Waals surface area (Å²) in [7, 11) is 0. The molecule has 1 fully saturated rings. The first-order valence-corrected chi connectivity index (χ1v) is 8.17. The molecule has 0 radical (unpaired) electrons. The highest BCUT2D eigenvalue weighted by Crippen LogP contribution is 2.39. The number of hydrogen-bond donors (Lipinski definition) is 1.